The van der Waals surface area contributed by atoms with Gasteiger partial charge in [-0.15, -0.1) is 0 Å². The standard InChI is InChI=1S/C19H39N3/c20-13-10-14-21-15-17-22(18-16-21)19-11-8-6-4-2-1-3-5-7-9-12-19/h19H,1-18,20H2. The van der Waals surface area contributed by atoms with Crippen LogP contribution in [0, 0.1) is 0 Å². The lowest BCUT2D eigenvalue weighted by Crippen LogP contribution is -2.50. The Balaban J connectivity index is 1.72. The maximum atomic E-state index is 5.64. The van der Waals surface area contributed by atoms with Gasteiger partial charge in [0.1, 0.15) is 0 Å². The maximum absolute atomic E-state index is 5.64. The lowest BCUT2D eigenvalue weighted by molar-refractivity contribution is 0.0851. The summed E-state index contributed by atoms with van der Waals surface area (Å²) in [6.45, 7) is 7.13. The second-order valence-electron chi connectivity index (χ2n) is 7.43. The summed E-state index contributed by atoms with van der Waals surface area (Å²) in [5, 5.41) is 0. The predicted molar refractivity (Wildman–Crippen MR) is 96.3 cm³/mol. The van der Waals surface area contributed by atoms with E-state index in [-0.39, 0.29) is 0 Å². The summed E-state index contributed by atoms with van der Waals surface area (Å²) < 4.78 is 0. The summed E-state index contributed by atoms with van der Waals surface area (Å²) in [5.41, 5.74) is 5.64. The van der Waals surface area contributed by atoms with E-state index in [4.69, 9.17) is 5.73 Å². The molecule has 0 spiro atoms. The van der Waals surface area contributed by atoms with Crippen LogP contribution in [0.25, 0.3) is 0 Å². The van der Waals surface area contributed by atoms with Crippen LogP contribution >= 0.6 is 0 Å². The molecule has 0 aromatic heterocycles. The van der Waals surface area contributed by atoms with Gasteiger partial charge in [-0.2, -0.15) is 0 Å². The van der Waals surface area contributed by atoms with E-state index in [1.165, 1.54) is 103 Å². The molecule has 3 nitrogen and oxygen atoms in total. The fourth-order valence-corrected chi connectivity index (χ4v) is 4.17. The van der Waals surface area contributed by atoms with E-state index in [1.807, 2.05) is 0 Å². The fraction of sp³-hybridized carbons (Fsp3) is 1.00. The molecule has 1 heterocycles. The molecule has 2 rings (SSSR count). The largest absolute Gasteiger partial charge is 0.330 e. The highest BCUT2D eigenvalue weighted by molar-refractivity contribution is 4.79. The zero-order valence-electron chi connectivity index (χ0n) is 14.8. The first kappa shape index (κ1) is 18.2. The van der Waals surface area contributed by atoms with Crippen LogP contribution in [-0.4, -0.2) is 55.1 Å². The number of hydrogen-bond donors (Lipinski definition) is 1. The van der Waals surface area contributed by atoms with E-state index in [0.717, 1.165) is 19.0 Å². The topological polar surface area (TPSA) is 32.5 Å². The van der Waals surface area contributed by atoms with Gasteiger partial charge >= 0.3 is 0 Å². The quantitative estimate of drug-likeness (QED) is 0.861. The van der Waals surface area contributed by atoms with Crippen LogP contribution in [0.4, 0.5) is 0 Å². The van der Waals surface area contributed by atoms with E-state index >= 15 is 0 Å². The lowest BCUT2D eigenvalue weighted by atomic mass is 9.96. The van der Waals surface area contributed by atoms with Gasteiger partial charge in [0.15, 0.2) is 0 Å². The van der Waals surface area contributed by atoms with E-state index in [1.54, 1.807) is 0 Å². The van der Waals surface area contributed by atoms with Crippen LogP contribution in [0.15, 0.2) is 0 Å². The van der Waals surface area contributed by atoms with Crippen LogP contribution in [0.2, 0.25) is 0 Å². The second-order valence-corrected chi connectivity index (χ2v) is 7.43. The first-order valence-corrected chi connectivity index (χ1v) is 10.1. The molecule has 22 heavy (non-hydrogen) atoms. The minimum Gasteiger partial charge on any atom is -0.330 e. The minimum atomic E-state index is 0.836. The van der Waals surface area contributed by atoms with Crippen molar-refractivity contribution in [1.82, 2.24) is 9.80 Å². The van der Waals surface area contributed by atoms with Crippen molar-refractivity contribution in [3.8, 4) is 0 Å². The van der Waals surface area contributed by atoms with E-state index in [9.17, 15) is 0 Å². The highest BCUT2D eigenvalue weighted by Gasteiger charge is 2.23. The molecule has 0 aromatic carbocycles. The Labute approximate surface area is 138 Å². The summed E-state index contributed by atoms with van der Waals surface area (Å²) in [6.07, 6.45) is 17.3. The highest BCUT2D eigenvalue weighted by Crippen LogP contribution is 2.21. The number of nitrogens with two attached hydrogens (primary N) is 1. The highest BCUT2D eigenvalue weighted by atomic mass is 15.3. The van der Waals surface area contributed by atoms with Gasteiger partial charge in [0.05, 0.1) is 0 Å². The molecule has 0 unspecified atom stereocenters. The molecule has 0 amide bonds. The molecule has 2 N–H and O–H groups in total. The van der Waals surface area contributed by atoms with Gasteiger partial charge in [-0.3, -0.25) is 4.90 Å². The molecule has 0 bridgehead atoms. The van der Waals surface area contributed by atoms with Crippen molar-refractivity contribution in [3.63, 3.8) is 0 Å². The van der Waals surface area contributed by atoms with Crippen molar-refractivity contribution in [3.05, 3.63) is 0 Å². The maximum Gasteiger partial charge on any atom is 0.0113 e. The normalized spacial score (nSPS) is 25.5. The Morgan fingerprint density at radius 3 is 1.68 bits per heavy atom. The number of hydrogen-bond acceptors (Lipinski definition) is 3. The van der Waals surface area contributed by atoms with Gasteiger partial charge in [-0.05, 0) is 32.4 Å². The summed E-state index contributed by atoms with van der Waals surface area (Å²) >= 11 is 0. The second kappa shape index (κ2) is 11.4. The molecule has 2 aliphatic rings. The monoisotopic (exact) mass is 309 g/mol. The van der Waals surface area contributed by atoms with Gasteiger partial charge in [0, 0.05) is 32.2 Å². The average molecular weight is 310 g/mol. The third kappa shape index (κ3) is 6.97. The zero-order valence-corrected chi connectivity index (χ0v) is 14.8. The van der Waals surface area contributed by atoms with Crippen LogP contribution in [0.1, 0.15) is 77.0 Å². The molecule has 1 aliphatic carbocycles. The Bertz CT molecular complexity index is 249. The molecule has 0 atom stereocenters. The average Bonchev–Trinajstić information content (AvgIpc) is 2.54. The predicted octanol–water partition coefficient (Wildman–Crippen LogP) is 3.63. The van der Waals surface area contributed by atoms with Gasteiger partial charge in [0.2, 0.25) is 0 Å². The third-order valence-electron chi connectivity index (χ3n) is 5.68. The SMILES string of the molecule is NCCCN1CCN(C2CCCCCCCCCCC2)CC1. The van der Waals surface area contributed by atoms with Crippen LogP contribution in [0.5, 0.6) is 0 Å². The molecule has 130 valence electrons. The summed E-state index contributed by atoms with van der Waals surface area (Å²) in [6, 6.07) is 0.871. The molecule has 1 saturated heterocycles. The summed E-state index contributed by atoms with van der Waals surface area (Å²) in [4.78, 5) is 5.42. The molecule has 1 aliphatic heterocycles. The van der Waals surface area contributed by atoms with Crippen LogP contribution < -0.4 is 5.73 Å². The van der Waals surface area contributed by atoms with Crippen molar-refractivity contribution >= 4 is 0 Å². The van der Waals surface area contributed by atoms with Crippen molar-refractivity contribution in [2.75, 3.05) is 39.3 Å². The lowest BCUT2D eigenvalue weighted by Gasteiger charge is -2.39. The number of rotatable bonds is 4. The third-order valence-corrected chi connectivity index (χ3v) is 5.68. The summed E-state index contributed by atoms with van der Waals surface area (Å²) in [5.74, 6) is 0. The summed E-state index contributed by atoms with van der Waals surface area (Å²) in [7, 11) is 0. The van der Waals surface area contributed by atoms with Gasteiger partial charge in [-0.25, -0.2) is 0 Å². The van der Waals surface area contributed by atoms with Gasteiger partial charge < -0.3 is 10.6 Å². The minimum absolute atomic E-state index is 0.836. The van der Waals surface area contributed by atoms with Crippen molar-refractivity contribution in [1.29, 1.82) is 0 Å². The van der Waals surface area contributed by atoms with E-state index in [0.29, 0.717) is 0 Å². The Morgan fingerprint density at radius 1 is 0.682 bits per heavy atom. The first-order valence-electron chi connectivity index (χ1n) is 10.1. The Morgan fingerprint density at radius 2 is 1.18 bits per heavy atom. The smallest absolute Gasteiger partial charge is 0.0113 e. The Hall–Kier alpha value is -0.120. The van der Waals surface area contributed by atoms with Crippen LogP contribution in [-0.2, 0) is 0 Å². The van der Waals surface area contributed by atoms with Gasteiger partial charge in [-0.1, -0.05) is 57.8 Å². The molecule has 1 saturated carbocycles. The van der Waals surface area contributed by atoms with Crippen molar-refractivity contribution in [2.45, 2.75) is 83.1 Å². The molecule has 0 aromatic rings. The van der Waals surface area contributed by atoms with E-state index < -0.39 is 0 Å². The first-order chi connectivity index (χ1) is 10.9. The zero-order chi connectivity index (χ0) is 15.5. The fourth-order valence-electron chi connectivity index (χ4n) is 4.17. The number of nitrogens with zero attached hydrogens (tertiary/aromatic N) is 2. The molecule has 0 radical (unpaired) electrons. The molecule has 3 heteroatoms. The number of piperazine rings is 1. The Kier molecular flexibility index (Phi) is 9.46. The molecular weight excluding hydrogens is 270 g/mol. The molecule has 2 fully saturated rings. The molecular formula is C19H39N3. The van der Waals surface area contributed by atoms with E-state index in [2.05, 4.69) is 9.80 Å². The van der Waals surface area contributed by atoms with Crippen molar-refractivity contribution in [2.24, 2.45) is 5.73 Å². The van der Waals surface area contributed by atoms with Crippen molar-refractivity contribution < 1.29 is 0 Å². The van der Waals surface area contributed by atoms with Gasteiger partial charge in [0.25, 0.3) is 0 Å². The van der Waals surface area contributed by atoms with Crippen LogP contribution in [0.3, 0.4) is 0 Å².